The maximum Gasteiger partial charge on any atom is 0.340 e. The van der Waals surface area contributed by atoms with Crippen LogP contribution >= 0.6 is 34.8 Å². The zero-order chi connectivity index (χ0) is 24.2. The molecule has 0 aromatic heterocycles. The van der Waals surface area contributed by atoms with Crippen LogP contribution in [0.3, 0.4) is 0 Å². The van der Waals surface area contributed by atoms with E-state index in [-0.39, 0.29) is 21.3 Å². The van der Waals surface area contributed by atoms with E-state index in [0.29, 0.717) is 10.7 Å². The molecule has 0 aliphatic heterocycles. The van der Waals surface area contributed by atoms with Crippen molar-refractivity contribution in [3.8, 4) is 0 Å². The molecule has 172 valence electrons. The Morgan fingerprint density at radius 3 is 2.30 bits per heavy atom. The molecule has 3 aromatic rings. The summed E-state index contributed by atoms with van der Waals surface area (Å²) in [6, 6.07) is 16.9. The topological polar surface area (TPSA) is 92.8 Å². The minimum Gasteiger partial charge on any atom is -0.452 e. The SMILES string of the molecule is CN(C(=O)COC(=O)c1cc(S(=O)(=O)Nc2cccc(Cl)c2)c(Cl)cc1Cl)c1ccccc1. The Labute approximate surface area is 205 Å². The quantitative estimate of drug-likeness (QED) is 0.423. The fraction of sp³-hybridized carbons (Fsp3) is 0.0909. The summed E-state index contributed by atoms with van der Waals surface area (Å²) in [6.07, 6.45) is 0. The molecule has 1 N–H and O–H groups in total. The minimum absolute atomic E-state index is 0.129. The zero-order valence-electron chi connectivity index (χ0n) is 17.1. The minimum atomic E-state index is -4.20. The summed E-state index contributed by atoms with van der Waals surface area (Å²) >= 11 is 18.1. The molecule has 3 aromatic carbocycles. The number of esters is 1. The van der Waals surface area contributed by atoms with Crippen LogP contribution in [-0.4, -0.2) is 33.9 Å². The van der Waals surface area contributed by atoms with Crippen LogP contribution in [0.2, 0.25) is 15.1 Å². The fourth-order valence-corrected chi connectivity index (χ4v) is 4.84. The highest BCUT2D eigenvalue weighted by atomic mass is 35.5. The number of amides is 1. The highest BCUT2D eigenvalue weighted by Crippen LogP contribution is 2.31. The highest BCUT2D eigenvalue weighted by Gasteiger charge is 2.24. The molecule has 3 rings (SSSR count). The Balaban J connectivity index is 1.79. The van der Waals surface area contributed by atoms with E-state index in [1.54, 1.807) is 42.5 Å². The van der Waals surface area contributed by atoms with Gasteiger partial charge in [-0.15, -0.1) is 0 Å². The standard InChI is InChI=1S/C22H17Cl3N2O5S/c1-27(16-8-3-2-4-9-16)21(28)13-32-22(29)17-11-20(19(25)12-18(17)24)33(30,31)26-15-7-5-6-14(23)10-15/h2-12,26H,13H2,1H3. The molecule has 0 fully saturated rings. The molecule has 0 radical (unpaired) electrons. The third-order valence-electron chi connectivity index (χ3n) is 4.45. The third kappa shape index (κ3) is 6.17. The molecule has 7 nitrogen and oxygen atoms in total. The van der Waals surface area contributed by atoms with Gasteiger partial charge in [0.2, 0.25) is 0 Å². The number of nitrogens with one attached hydrogen (secondary N) is 1. The highest BCUT2D eigenvalue weighted by molar-refractivity contribution is 7.92. The van der Waals surface area contributed by atoms with Gasteiger partial charge in [0.05, 0.1) is 21.3 Å². The van der Waals surface area contributed by atoms with Gasteiger partial charge in [0, 0.05) is 17.8 Å². The van der Waals surface area contributed by atoms with Gasteiger partial charge in [0.25, 0.3) is 15.9 Å². The van der Waals surface area contributed by atoms with E-state index in [1.165, 1.54) is 24.1 Å². The van der Waals surface area contributed by atoms with Crippen molar-refractivity contribution < 1.29 is 22.7 Å². The number of benzene rings is 3. The Bertz CT molecular complexity index is 1300. The van der Waals surface area contributed by atoms with Gasteiger partial charge in [0.15, 0.2) is 6.61 Å². The predicted octanol–water partition coefficient (Wildman–Crippen LogP) is 5.27. The number of hydrogen-bond donors (Lipinski definition) is 1. The van der Waals surface area contributed by atoms with E-state index in [1.807, 2.05) is 0 Å². The number of halogens is 3. The summed E-state index contributed by atoms with van der Waals surface area (Å²) in [5.41, 5.74) is 0.554. The number of sulfonamides is 1. The van der Waals surface area contributed by atoms with Crippen molar-refractivity contribution in [2.24, 2.45) is 0 Å². The fourth-order valence-electron chi connectivity index (χ4n) is 2.75. The lowest BCUT2D eigenvalue weighted by molar-refractivity contribution is -0.121. The van der Waals surface area contributed by atoms with Crippen molar-refractivity contribution in [2.45, 2.75) is 4.90 Å². The number of para-hydroxylation sites is 1. The molecule has 0 saturated carbocycles. The van der Waals surface area contributed by atoms with Gasteiger partial charge >= 0.3 is 5.97 Å². The molecular weight excluding hydrogens is 511 g/mol. The summed E-state index contributed by atoms with van der Waals surface area (Å²) in [7, 11) is -2.66. The molecule has 0 aliphatic rings. The second-order valence-electron chi connectivity index (χ2n) is 6.74. The number of nitrogens with zero attached hydrogens (tertiary/aromatic N) is 1. The van der Waals surface area contributed by atoms with E-state index >= 15 is 0 Å². The molecule has 0 saturated heterocycles. The average Bonchev–Trinajstić information content (AvgIpc) is 2.76. The maximum atomic E-state index is 12.8. The molecule has 1 amide bonds. The lowest BCUT2D eigenvalue weighted by Gasteiger charge is -2.17. The van der Waals surface area contributed by atoms with Gasteiger partial charge in [-0.1, -0.05) is 59.1 Å². The van der Waals surface area contributed by atoms with Crippen molar-refractivity contribution in [1.82, 2.24) is 0 Å². The predicted molar refractivity (Wildman–Crippen MR) is 129 cm³/mol. The van der Waals surface area contributed by atoms with Crippen LogP contribution in [0.4, 0.5) is 11.4 Å². The summed E-state index contributed by atoms with van der Waals surface area (Å²) < 4.78 is 33.1. The molecule has 0 spiro atoms. The van der Waals surface area contributed by atoms with Crippen LogP contribution in [0.5, 0.6) is 0 Å². The maximum absolute atomic E-state index is 12.8. The van der Waals surface area contributed by atoms with Gasteiger partial charge in [-0.25, -0.2) is 13.2 Å². The summed E-state index contributed by atoms with van der Waals surface area (Å²) in [6.45, 7) is -0.577. The lowest BCUT2D eigenvalue weighted by atomic mass is 10.2. The molecular formula is C22H17Cl3N2O5S. The first-order valence-corrected chi connectivity index (χ1v) is 12.0. The van der Waals surface area contributed by atoms with Crippen LogP contribution < -0.4 is 9.62 Å². The monoisotopic (exact) mass is 526 g/mol. The molecule has 11 heteroatoms. The number of likely N-dealkylation sites (N-methyl/N-ethyl adjacent to an activating group) is 1. The van der Waals surface area contributed by atoms with Gasteiger partial charge in [-0.2, -0.15) is 0 Å². The van der Waals surface area contributed by atoms with Gasteiger partial charge < -0.3 is 9.64 Å². The molecule has 0 heterocycles. The van der Waals surface area contributed by atoms with Gasteiger partial charge in [-0.3, -0.25) is 9.52 Å². The van der Waals surface area contributed by atoms with Crippen LogP contribution in [0.25, 0.3) is 0 Å². The van der Waals surface area contributed by atoms with E-state index in [4.69, 9.17) is 39.5 Å². The Morgan fingerprint density at radius 1 is 0.939 bits per heavy atom. The first kappa shape index (κ1) is 24.9. The summed E-state index contributed by atoms with van der Waals surface area (Å²) in [4.78, 5) is 25.8. The van der Waals surface area contributed by atoms with E-state index in [9.17, 15) is 18.0 Å². The van der Waals surface area contributed by atoms with Crippen LogP contribution in [0.1, 0.15) is 10.4 Å². The Hall–Kier alpha value is -2.78. The van der Waals surface area contributed by atoms with Crippen LogP contribution in [-0.2, 0) is 19.6 Å². The summed E-state index contributed by atoms with van der Waals surface area (Å²) in [5.74, 6) is -1.47. The summed E-state index contributed by atoms with van der Waals surface area (Å²) in [5, 5.41) is -0.00617. The molecule has 0 bridgehead atoms. The Kier molecular flexibility index (Phi) is 7.86. The van der Waals surface area contributed by atoms with Gasteiger partial charge in [-0.05, 0) is 42.5 Å². The van der Waals surface area contributed by atoms with Gasteiger partial charge in [0.1, 0.15) is 4.90 Å². The van der Waals surface area contributed by atoms with Crippen molar-refractivity contribution >= 4 is 68.1 Å². The Morgan fingerprint density at radius 2 is 1.64 bits per heavy atom. The first-order chi connectivity index (χ1) is 15.6. The van der Waals surface area contributed by atoms with E-state index in [2.05, 4.69) is 4.72 Å². The molecule has 0 atom stereocenters. The number of hydrogen-bond acceptors (Lipinski definition) is 5. The van der Waals surface area contributed by atoms with Crippen molar-refractivity contribution in [3.63, 3.8) is 0 Å². The smallest absolute Gasteiger partial charge is 0.340 e. The van der Waals surface area contributed by atoms with Crippen molar-refractivity contribution in [3.05, 3.63) is 87.4 Å². The molecule has 0 unspecified atom stereocenters. The van der Waals surface area contributed by atoms with E-state index < -0.39 is 33.4 Å². The number of ether oxygens (including phenoxy) is 1. The molecule has 0 aliphatic carbocycles. The number of anilines is 2. The van der Waals surface area contributed by atoms with E-state index in [0.717, 1.165) is 12.1 Å². The largest absolute Gasteiger partial charge is 0.452 e. The van der Waals surface area contributed by atoms with Crippen LogP contribution in [0, 0.1) is 0 Å². The number of rotatable bonds is 7. The van der Waals surface area contributed by atoms with Crippen molar-refractivity contribution in [1.29, 1.82) is 0 Å². The first-order valence-electron chi connectivity index (χ1n) is 9.34. The number of carbonyl (C=O) groups excluding carboxylic acids is 2. The second-order valence-corrected chi connectivity index (χ2v) is 9.64. The second kappa shape index (κ2) is 10.4. The lowest BCUT2D eigenvalue weighted by Crippen LogP contribution is -2.31. The average molecular weight is 528 g/mol. The number of carbonyl (C=O) groups is 2. The normalized spacial score (nSPS) is 11.0. The van der Waals surface area contributed by atoms with Crippen LogP contribution in [0.15, 0.2) is 71.6 Å². The zero-order valence-corrected chi connectivity index (χ0v) is 20.2. The van der Waals surface area contributed by atoms with Crippen molar-refractivity contribution in [2.75, 3.05) is 23.3 Å². The third-order valence-corrected chi connectivity index (χ3v) is 6.85. The molecule has 33 heavy (non-hydrogen) atoms.